The second-order valence-electron chi connectivity index (χ2n) is 6.03. The van der Waals surface area contributed by atoms with Crippen LogP contribution in [0.3, 0.4) is 0 Å². The summed E-state index contributed by atoms with van der Waals surface area (Å²) in [5, 5.41) is 5.57. The zero-order valence-corrected chi connectivity index (χ0v) is 16.4. The standard InChI is InChI=1S/C19H21ClFN3O2.ClH/c1-12(22)6-9-18(25)24-14-7-8-16(20)15(10-14)19(26)23-11-13-4-2-3-5-17(13)21;/h2-5,7-8,10,12H,6,9,11,22H2,1H3,(H,23,26)(H,24,25);1H. The van der Waals surface area contributed by atoms with E-state index in [9.17, 15) is 14.0 Å². The highest BCUT2D eigenvalue weighted by Gasteiger charge is 2.13. The number of rotatable bonds is 7. The molecule has 1 unspecified atom stereocenters. The number of anilines is 1. The molecule has 0 aromatic heterocycles. The van der Waals surface area contributed by atoms with E-state index in [4.69, 9.17) is 17.3 Å². The van der Waals surface area contributed by atoms with Gasteiger partial charge in [0.2, 0.25) is 5.91 Å². The van der Waals surface area contributed by atoms with Gasteiger partial charge in [-0.1, -0.05) is 29.8 Å². The summed E-state index contributed by atoms with van der Waals surface area (Å²) in [6, 6.07) is 10.7. The number of amides is 2. The fourth-order valence-corrected chi connectivity index (χ4v) is 2.48. The summed E-state index contributed by atoms with van der Waals surface area (Å²) in [4.78, 5) is 24.2. The van der Waals surface area contributed by atoms with E-state index in [0.717, 1.165) is 0 Å². The molecule has 0 aliphatic rings. The summed E-state index contributed by atoms with van der Waals surface area (Å²) in [5.41, 5.74) is 6.67. The lowest BCUT2D eigenvalue weighted by atomic mass is 10.1. The molecule has 8 heteroatoms. The molecule has 2 aromatic carbocycles. The molecule has 5 nitrogen and oxygen atoms in total. The van der Waals surface area contributed by atoms with Crippen molar-refractivity contribution < 1.29 is 14.0 Å². The van der Waals surface area contributed by atoms with Crippen LogP contribution in [0.4, 0.5) is 10.1 Å². The van der Waals surface area contributed by atoms with E-state index in [0.29, 0.717) is 17.7 Å². The van der Waals surface area contributed by atoms with Crippen LogP contribution in [0.5, 0.6) is 0 Å². The second kappa shape index (κ2) is 10.9. The Hall–Kier alpha value is -2.15. The first-order valence-electron chi connectivity index (χ1n) is 8.23. The third kappa shape index (κ3) is 7.17. The van der Waals surface area contributed by atoms with Crippen LogP contribution in [0.15, 0.2) is 42.5 Å². The van der Waals surface area contributed by atoms with Crippen molar-refractivity contribution in [3.8, 4) is 0 Å². The van der Waals surface area contributed by atoms with Crippen molar-refractivity contribution in [2.24, 2.45) is 5.73 Å². The van der Waals surface area contributed by atoms with Gasteiger partial charge in [-0.15, -0.1) is 12.4 Å². The lowest BCUT2D eigenvalue weighted by Crippen LogP contribution is -2.24. The molecule has 0 aliphatic carbocycles. The number of hydrogen-bond acceptors (Lipinski definition) is 3. The van der Waals surface area contributed by atoms with Crippen LogP contribution in [0.25, 0.3) is 0 Å². The van der Waals surface area contributed by atoms with Crippen molar-refractivity contribution in [2.75, 3.05) is 5.32 Å². The van der Waals surface area contributed by atoms with Gasteiger partial charge in [0.15, 0.2) is 0 Å². The van der Waals surface area contributed by atoms with Crippen molar-refractivity contribution in [3.05, 3.63) is 64.4 Å². The highest BCUT2D eigenvalue weighted by molar-refractivity contribution is 6.34. The minimum Gasteiger partial charge on any atom is -0.348 e. The van der Waals surface area contributed by atoms with E-state index >= 15 is 0 Å². The van der Waals surface area contributed by atoms with Crippen molar-refractivity contribution in [1.82, 2.24) is 5.32 Å². The van der Waals surface area contributed by atoms with Crippen molar-refractivity contribution in [1.29, 1.82) is 0 Å². The molecule has 146 valence electrons. The number of nitrogens with two attached hydrogens (primary N) is 1. The highest BCUT2D eigenvalue weighted by atomic mass is 35.5. The van der Waals surface area contributed by atoms with Gasteiger partial charge >= 0.3 is 0 Å². The molecule has 2 rings (SSSR count). The predicted octanol–water partition coefficient (Wildman–Crippen LogP) is 3.90. The molecule has 0 spiro atoms. The summed E-state index contributed by atoms with van der Waals surface area (Å²) in [6.07, 6.45) is 0.852. The summed E-state index contributed by atoms with van der Waals surface area (Å²) in [7, 11) is 0. The number of benzene rings is 2. The normalized spacial score (nSPS) is 11.3. The summed E-state index contributed by atoms with van der Waals surface area (Å²) in [5.74, 6) is -1.04. The van der Waals surface area contributed by atoms with Gasteiger partial charge in [-0.3, -0.25) is 9.59 Å². The lowest BCUT2D eigenvalue weighted by Gasteiger charge is -2.11. The Balaban J connectivity index is 0.00000364. The SMILES string of the molecule is CC(N)CCC(=O)Nc1ccc(Cl)c(C(=O)NCc2ccccc2F)c1.Cl. The Labute approximate surface area is 168 Å². The number of carbonyl (C=O) groups is 2. The molecule has 0 bridgehead atoms. The summed E-state index contributed by atoms with van der Waals surface area (Å²) in [6.45, 7) is 1.86. The van der Waals surface area contributed by atoms with Crippen molar-refractivity contribution in [2.45, 2.75) is 32.4 Å². The maximum Gasteiger partial charge on any atom is 0.253 e. The molecule has 0 saturated heterocycles. The Kier molecular flexibility index (Phi) is 9.21. The topological polar surface area (TPSA) is 84.2 Å². The highest BCUT2D eigenvalue weighted by Crippen LogP contribution is 2.21. The van der Waals surface area contributed by atoms with Crippen LogP contribution in [0.1, 0.15) is 35.7 Å². The minimum absolute atomic E-state index is 0. The molecular formula is C19H22Cl2FN3O2. The zero-order valence-electron chi connectivity index (χ0n) is 14.8. The lowest BCUT2D eigenvalue weighted by molar-refractivity contribution is -0.116. The fraction of sp³-hybridized carbons (Fsp3) is 0.263. The van der Waals surface area contributed by atoms with E-state index in [1.54, 1.807) is 24.3 Å². The van der Waals surface area contributed by atoms with Crippen LogP contribution >= 0.6 is 24.0 Å². The van der Waals surface area contributed by atoms with Gasteiger partial charge in [0.25, 0.3) is 5.91 Å². The monoisotopic (exact) mass is 413 g/mol. The smallest absolute Gasteiger partial charge is 0.253 e. The zero-order chi connectivity index (χ0) is 19.1. The first-order chi connectivity index (χ1) is 12.4. The molecule has 27 heavy (non-hydrogen) atoms. The predicted molar refractivity (Wildman–Crippen MR) is 108 cm³/mol. The van der Waals surface area contributed by atoms with Crippen LogP contribution in [-0.2, 0) is 11.3 Å². The van der Waals surface area contributed by atoms with Gasteiger partial charge < -0.3 is 16.4 Å². The van der Waals surface area contributed by atoms with E-state index in [1.165, 1.54) is 18.2 Å². The van der Waals surface area contributed by atoms with Gasteiger partial charge in [-0.25, -0.2) is 4.39 Å². The van der Waals surface area contributed by atoms with Crippen LogP contribution in [-0.4, -0.2) is 17.9 Å². The number of hydrogen-bond donors (Lipinski definition) is 3. The first-order valence-corrected chi connectivity index (χ1v) is 8.61. The molecule has 2 amide bonds. The Morgan fingerprint density at radius 1 is 1.22 bits per heavy atom. The number of halogens is 3. The van der Waals surface area contributed by atoms with Gasteiger partial charge in [-0.2, -0.15) is 0 Å². The van der Waals surface area contributed by atoms with Crippen molar-refractivity contribution >= 4 is 41.5 Å². The molecular weight excluding hydrogens is 392 g/mol. The van der Waals surface area contributed by atoms with Crippen LogP contribution in [0.2, 0.25) is 5.02 Å². The molecule has 4 N–H and O–H groups in total. The summed E-state index contributed by atoms with van der Waals surface area (Å²) >= 11 is 6.08. The van der Waals surface area contributed by atoms with Gasteiger partial charge in [0.05, 0.1) is 10.6 Å². The molecule has 0 aliphatic heterocycles. The molecule has 0 heterocycles. The first kappa shape index (κ1) is 22.9. The number of carbonyl (C=O) groups excluding carboxylic acids is 2. The maximum atomic E-state index is 13.6. The van der Waals surface area contributed by atoms with Crippen LogP contribution in [0, 0.1) is 5.82 Å². The average molecular weight is 414 g/mol. The molecule has 2 aromatic rings. The van der Waals surface area contributed by atoms with Gasteiger partial charge in [0.1, 0.15) is 5.82 Å². The van der Waals surface area contributed by atoms with Gasteiger partial charge in [0, 0.05) is 30.3 Å². The Morgan fingerprint density at radius 3 is 2.59 bits per heavy atom. The minimum atomic E-state index is -0.454. The molecule has 0 saturated carbocycles. The quantitative estimate of drug-likeness (QED) is 0.643. The van der Waals surface area contributed by atoms with Crippen molar-refractivity contribution in [3.63, 3.8) is 0 Å². The molecule has 1 atom stereocenters. The largest absolute Gasteiger partial charge is 0.348 e. The fourth-order valence-electron chi connectivity index (χ4n) is 2.27. The third-order valence-corrected chi connectivity index (χ3v) is 4.05. The van der Waals surface area contributed by atoms with Crippen LogP contribution < -0.4 is 16.4 Å². The third-order valence-electron chi connectivity index (χ3n) is 3.72. The van der Waals surface area contributed by atoms with Gasteiger partial charge in [-0.05, 0) is 37.6 Å². The van der Waals surface area contributed by atoms with E-state index in [2.05, 4.69) is 10.6 Å². The second-order valence-corrected chi connectivity index (χ2v) is 6.44. The molecule has 0 radical (unpaired) electrons. The van der Waals surface area contributed by atoms with E-state index < -0.39 is 11.7 Å². The maximum absolute atomic E-state index is 13.6. The summed E-state index contributed by atoms with van der Waals surface area (Å²) < 4.78 is 13.6. The molecule has 0 fully saturated rings. The van der Waals surface area contributed by atoms with E-state index in [-0.39, 0.29) is 47.9 Å². The average Bonchev–Trinajstić information content (AvgIpc) is 2.60. The van der Waals surface area contributed by atoms with E-state index in [1.807, 2.05) is 6.92 Å². The Morgan fingerprint density at radius 2 is 1.93 bits per heavy atom. The number of nitrogens with one attached hydrogen (secondary N) is 2. The Bertz CT molecular complexity index is 800.